The van der Waals surface area contributed by atoms with Gasteiger partial charge in [-0.25, -0.2) is 9.79 Å². The Balaban J connectivity index is 1.10. The van der Waals surface area contributed by atoms with E-state index in [4.69, 9.17) is 42.9 Å². The number of rotatable bonds is 16. The molecular weight excluding hydrogens is 750 g/mol. The Bertz CT molecular complexity index is 1700. The van der Waals surface area contributed by atoms with Crippen LogP contribution < -0.4 is 0 Å². The molecule has 0 aromatic rings. The molecule has 5 aliphatic carbocycles. The van der Waals surface area contributed by atoms with Crippen LogP contribution in [0.15, 0.2) is 16.6 Å². The summed E-state index contributed by atoms with van der Waals surface area (Å²) in [5.74, 6) is -0.950. The summed E-state index contributed by atoms with van der Waals surface area (Å²) in [6.45, 7) is 16.0. The van der Waals surface area contributed by atoms with Crippen LogP contribution >= 0.6 is 0 Å². The number of cyclic esters (lactones) is 2. The van der Waals surface area contributed by atoms with Crippen LogP contribution in [0.2, 0.25) is 0 Å². The third-order valence-corrected chi connectivity index (χ3v) is 16.7. The number of hydrogen-bond donors (Lipinski definition) is 1. The van der Waals surface area contributed by atoms with Gasteiger partial charge >= 0.3 is 18.1 Å². The molecule has 0 aromatic heterocycles. The van der Waals surface area contributed by atoms with Gasteiger partial charge < -0.3 is 43.0 Å². The first-order chi connectivity index (χ1) is 27.4. The highest BCUT2D eigenvalue weighted by Gasteiger charge is 2.81. The van der Waals surface area contributed by atoms with Crippen LogP contribution in [0.25, 0.3) is 0 Å². The first-order valence-corrected chi connectivity index (χ1v) is 21.4. The molecule has 5 fully saturated rings. The Morgan fingerprint density at radius 1 is 0.845 bits per heavy atom. The van der Waals surface area contributed by atoms with Gasteiger partial charge in [-0.3, -0.25) is 14.4 Å². The topological polar surface area (TPSA) is 175 Å². The maximum absolute atomic E-state index is 15.0. The molecule has 1 spiro atoms. The molecular formula is C44H65NO13. The summed E-state index contributed by atoms with van der Waals surface area (Å²) in [5, 5.41) is 10.3. The van der Waals surface area contributed by atoms with Gasteiger partial charge in [0.1, 0.15) is 24.7 Å². The molecule has 11 atom stereocenters. The van der Waals surface area contributed by atoms with Crippen LogP contribution in [0.3, 0.4) is 0 Å². The second-order valence-corrected chi connectivity index (χ2v) is 19.6. The quantitative estimate of drug-likeness (QED) is 0.140. The van der Waals surface area contributed by atoms with Gasteiger partial charge in [0.2, 0.25) is 0 Å². The van der Waals surface area contributed by atoms with Crippen molar-refractivity contribution in [3.8, 4) is 0 Å². The molecule has 7 rings (SSSR count). The van der Waals surface area contributed by atoms with Crippen LogP contribution in [0.4, 0.5) is 4.79 Å². The number of carbonyl (C=O) groups is 4. The second kappa shape index (κ2) is 15.8. The van der Waals surface area contributed by atoms with Gasteiger partial charge in [-0.15, -0.1) is 0 Å². The number of fused-ring (bicyclic) bond motifs is 6. The van der Waals surface area contributed by atoms with Gasteiger partial charge in [-0.2, -0.15) is 0 Å². The molecule has 2 aliphatic heterocycles. The van der Waals surface area contributed by atoms with Crippen molar-refractivity contribution < 1.29 is 62.2 Å². The number of esters is 1. The lowest BCUT2D eigenvalue weighted by Crippen LogP contribution is -2.80. The standard InChI is InChI=1S/C44H65NO13/c1-38-11-12-39(2,36(48)49)25-30(38)29-24-31(46)34-41(4,40(29,3)14-13-38)15-16-44-42(34,5)10-8-32(43(44,6)35(45-44)55-26-28-27-56-37(50)57-28)58-33(47)9-17-52-20-21-54-23-22-53-19-18-51-7/h24,28,30,32,34H,8-23,25-27H2,1-7H3,(H,48,49)/t28?,30?,32-,34-,38+,39-,40+,41+,42+,43-,44-/m0/s1. The average Bonchev–Trinajstić information content (AvgIpc) is 3.60. The average molecular weight is 816 g/mol. The Morgan fingerprint density at radius 2 is 1.52 bits per heavy atom. The fourth-order valence-electron chi connectivity index (χ4n) is 12.8. The van der Waals surface area contributed by atoms with Gasteiger partial charge in [0, 0.05) is 18.4 Å². The highest BCUT2D eigenvalue weighted by Crippen LogP contribution is 2.78. The van der Waals surface area contributed by atoms with Crippen LogP contribution in [0.1, 0.15) is 106 Å². The van der Waals surface area contributed by atoms with E-state index in [1.54, 1.807) is 7.11 Å². The molecule has 0 aromatic carbocycles. The molecule has 58 heavy (non-hydrogen) atoms. The molecule has 0 bridgehead atoms. The Morgan fingerprint density at radius 3 is 2.17 bits per heavy atom. The smallest absolute Gasteiger partial charge is 0.481 e. The number of hydrogen-bond acceptors (Lipinski definition) is 13. The number of carbonyl (C=O) groups excluding carboxylic acids is 3. The summed E-state index contributed by atoms with van der Waals surface area (Å²) in [6, 6.07) is 0. The molecule has 2 unspecified atom stereocenters. The Kier molecular flexibility index (Phi) is 11.7. The number of ketones is 1. The first-order valence-electron chi connectivity index (χ1n) is 21.4. The molecule has 14 nitrogen and oxygen atoms in total. The summed E-state index contributed by atoms with van der Waals surface area (Å²) in [7, 11) is 1.62. The summed E-state index contributed by atoms with van der Waals surface area (Å²) in [4.78, 5) is 58.1. The van der Waals surface area contributed by atoms with Crippen molar-refractivity contribution in [3.05, 3.63) is 11.6 Å². The Labute approximate surface area is 342 Å². The normalized spacial score (nSPS) is 42.5. The number of carboxylic acid groups (broad SMARTS) is 1. The lowest BCUT2D eigenvalue weighted by Gasteiger charge is -2.75. The van der Waals surface area contributed by atoms with Crippen molar-refractivity contribution in [2.45, 2.75) is 123 Å². The van der Waals surface area contributed by atoms with Crippen LogP contribution in [0.5, 0.6) is 0 Å². The van der Waals surface area contributed by atoms with Gasteiger partial charge in [-0.05, 0) is 99.9 Å². The lowest BCUT2D eigenvalue weighted by molar-refractivity contribution is -0.222. The van der Waals surface area contributed by atoms with E-state index < -0.39 is 51.5 Å². The van der Waals surface area contributed by atoms with Crippen molar-refractivity contribution in [3.63, 3.8) is 0 Å². The molecule has 0 amide bonds. The minimum Gasteiger partial charge on any atom is -0.481 e. The van der Waals surface area contributed by atoms with E-state index >= 15 is 4.79 Å². The fraction of sp³-hybridized carbons (Fsp3) is 0.841. The van der Waals surface area contributed by atoms with Gasteiger partial charge in [0.25, 0.3) is 0 Å². The van der Waals surface area contributed by atoms with E-state index in [-0.39, 0.29) is 60.7 Å². The number of methoxy groups -OCH3 is 1. The molecule has 1 N–H and O–H groups in total. The predicted octanol–water partition coefficient (Wildman–Crippen LogP) is 6.12. The van der Waals surface area contributed by atoms with E-state index in [9.17, 15) is 19.5 Å². The zero-order chi connectivity index (χ0) is 41.8. The Hall–Kier alpha value is -3.07. The van der Waals surface area contributed by atoms with Crippen LogP contribution in [0, 0.1) is 44.3 Å². The molecule has 14 heteroatoms. The van der Waals surface area contributed by atoms with Crippen molar-refractivity contribution in [1.29, 1.82) is 0 Å². The van der Waals surface area contributed by atoms with E-state index in [0.29, 0.717) is 77.6 Å². The second-order valence-electron chi connectivity index (χ2n) is 19.6. The molecule has 4 saturated carbocycles. The van der Waals surface area contributed by atoms with E-state index in [2.05, 4.69) is 34.6 Å². The first kappa shape index (κ1) is 43.0. The summed E-state index contributed by atoms with van der Waals surface area (Å²) < 4.78 is 44.5. The fourth-order valence-corrected chi connectivity index (χ4v) is 12.8. The minimum atomic E-state index is -0.858. The number of nitrogens with zero attached hydrogens (tertiary/aromatic N) is 1. The summed E-state index contributed by atoms with van der Waals surface area (Å²) in [6.07, 6.45) is 6.57. The maximum atomic E-state index is 15.0. The third kappa shape index (κ3) is 6.70. The molecule has 2 heterocycles. The van der Waals surface area contributed by atoms with E-state index in [1.165, 1.54) is 0 Å². The van der Waals surface area contributed by atoms with Crippen molar-refractivity contribution >= 4 is 29.8 Å². The van der Waals surface area contributed by atoms with Crippen LogP contribution in [-0.4, -0.2) is 119 Å². The van der Waals surface area contributed by atoms with Crippen LogP contribution in [-0.2, 0) is 52.3 Å². The highest BCUT2D eigenvalue weighted by molar-refractivity contribution is 5.98. The van der Waals surface area contributed by atoms with Gasteiger partial charge in [0.05, 0.1) is 63.6 Å². The zero-order valence-electron chi connectivity index (χ0n) is 35.6. The van der Waals surface area contributed by atoms with Crippen molar-refractivity contribution in [2.75, 3.05) is 66.6 Å². The number of ether oxygens (including phenoxy) is 8. The number of aliphatic carboxylic acids is 1. The SMILES string of the molecule is COCCOCCOCCOCCC(=O)O[C@H]1CC[C@]2(C)[C@H]3C(=O)C=C4C5C[C@@](C)(C(=O)O)CC[C@]5(C)CC[C@@]4(C)[C@]3(C)CC[C@]23N=C(OCC2COC(=O)O2)[C@]13C. The maximum Gasteiger partial charge on any atom is 0.508 e. The zero-order valence-corrected chi connectivity index (χ0v) is 35.6. The van der Waals surface area contributed by atoms with Gasteiger partial charge in [0.15, 0.2) is 17.8 Å². The molecule has 0 radical (unpaired) electrons. The monoisotopic (exact) mass is 815 g/mol. The third-order valence-electron chi connectivity index (χ3n) is 16.7. The predicted molar refractivity (Wildman–Crippen MR) is 209 cm³/mol. The number of allylic oxidation sites excluding steroid dienone is 2. The molecule has 1 saturated heterocycles. The van der Waals surface area contributed by atoms with Gasteiger partial charge in [-0.1, -0.05) is 33.3 Å². The van der Waals surface area contributed by atoms with E-state index in [0.717, 1.165) is 31.3 Å². The summed E-state index contributed by atoms with van der Waals surface area (Å²) in [5.41, 5.74) is -2.66. The summed E-state index contributed by atoms with van der Waals surface area (Å²) >= 11 is 0. The molecule has 7 aliphatic rings. The number of aliphatic imine (C=N–C) groups is 1. The highest BCUT2D eigenvalue weighted by atomic mass is 16.8. The van der Waals surface area contributed by atoms with Crippen molar-refractivity contribution in [2.24, 2.45) is 49.3 Å². The lowest BCUT2D eigenvalue weighted by atomic mass is 9.30. The largest absolute Gasteiger partial charge is 0.508 e. The minimum absolute atomic E-state index is 0.0182. The van der Waals surface area contributed by atoms with E-state index in [1.807, 2.05) is 13.0 Å². The molecule has 324 valence electrons. The van der Waals surface area contributed by atoms with Crippen molar-refractivity contribution in [1.82, 2.24) is 0 Å². The number of carboxylic acids is 1.